The van der Waals surface area contributed by atoms with Crippen molar-refractivity contribution < 1.29 is 37.7 Å². The van der Waals surface area contributed by atoms with Crippen LogP contribution in [0.5, 0.6) is 11.5 Å². The molecule has 0 fully saturated rings. The highest BCUT2D eigenvalue weighted by Crippen LogP contribution is 2.27. The minimum absolute atomic E-state index is 0.0201. The Labute approximate surface area is 183 Å². The fourth-order valence-electron chi connectivity index (χ4n) is 2.83. The molecule has 3 rings (SSSR count). The predicted octanol–water partition coefficient (Wildman–Crippen LogP) is 3.69. The number of esters is 2. The largest absolute Gasteiger partial charge is 0.493 e. The molecule has 2 aromatic carbocycles. The van der Waals surface area contributed by atoms with Crippen LogP contribution in [0.2, 0.25) is 0 Å². The molecule has 9 heteroatoms. The lowest BCUT2D eigenvalue weighted by atomic mass is 10.1. The van der Waals surface area contributed by atoms with Crippen LogP contribution in [0.4, 0.5) is 5.69 Å². The minimum atomic E-state index is -0.667. The molecular formula is C23H21NO8. The predicted molar refractivity (Wildman–Crippen MR) is 113 cm³/mol. The van der Waals surface area contributed by atoms with E-state index in [1.54, 1.807) is 25.3 Å². The Balaban J connectivity index is 1.73. The fraction of sp³-hybridized carbons (Fsp3) is 0.174. The molecule has 3 aromatic rings. The van der Waals surface area contributed by atoms with E-state index in [1.807, 2.05) is 12.1 Å². The fourth-order valence-corrected chi connectivity index (χ4v) is 2.83. The summed E-state index contributed by atoms with van der Waals surface area (Å²) in [6.07, 6.45) is 0. The van der Waals surface area contributed by atoms with Crippen molar-refractivity contribution in [3.05, 3.63) is 77.2 Å². The number of hydrogen-bond donors (Lipinski definition) is 1. The van der Waals surface area contributed by atoms with Crippen LogP contribution in [0.1, 0.15) is 37.0 Å². The summed E-state index contributed by atoms with van der Waals surface area (Å²) in [4.78, 5) is 36.4. The van der Waals surface area contributed by atoms with Gasteiger partial charge in [-0.15, -0.1) is 0 Å². The summed E-state index contributed by atoms with van der Waals surface area (Å²) in [5, 5.41) is 2.59. The zero-order valence-electron chi connectivity index (χ0n) is 17.7. The van der Waals surface area contributed by atoms with Crippen LogP contribution in [0, 0.1) is 0 Å². The number of hydrogen-bond acceptors (Lipinski definition) is 8. The minimum Gasteiger partial charge on any atom is -0.493 e. The van der Waals surface area contributed by atoms with Crippen LogP contribution in [0.15, 0.2) is 59.0 Å². The molecule has 1 amide bonds. The maximum Gasteiger partial charge on any atom is 0.337 e. The van der Waals surface area contributed by atoms with Gasteiger partial charge in [-0.2, -0.15) is 0 Å². The van der Waals surface area contributed by atoms with Crippen LogP contribution in [0.3, 0.4) is 0 Å². The second-order valence-electron chi connectivity index (χ2n) is 6.44. The molecule has 166 valence electrons. The van der Waals surface area contributed by atoms with Crippen molar-refractivity contribution >= 4 is 23.5 Å². The second-order valence-corrected chi connectivity index (χ2v) is 6.44. The van der Waals surface area contributed by atoms with E-state index < -0.39 is 17.8 Å². The number of ether oxygens (including phenoxy) is 4. The Bertz CT molecular complexity index is 1100. The van der Waals surface area contributed by atoms with Crippen LogP contribution < -0.4 is 14.8 Å². The normalized spacial score (nSPS) is 10.2. The summed E-state index contributed by atoms with van der Waals surface area (Å²) in [5.41, 5.74) is 0.355. The van der Waals surface area contributed by atoms with Crippen LogP contribution >= 0.6 is 0 Å². The molecule has 0 aliphatic carbocycles. The summed E-state index contributed by atoms with van der Waals surface area (Å²) in [6, 6.07) is 14.3. The number of para-hydroxylation sites is 2. The molecule has 0 radical (unpaired) electrons. The van der Waals surface area contributed by atoms with Crippen molar-refractivity contribution in [3.63, 3.8) is 0 Å². The third kappa shape index (κ3) is 5.25. The van der Waals surface area contributed by atoms with Crippen molar-refractivity contribution in [2.45, 2.75) is 6.61 Å². The van der Waals surface area contributed by atoms with E-state index in [1.165, 1.54) is 38.5 Å². The second kappa shape index (κ2) is 10.2. The maximum atomic E-state index is 12.6. The van der Waals surface area contributed by atoms with E-state index in [2.05, 4.69) is 14.8 Å². The molecule has 0 bridgehead atoms. The number of methoxy groups -OCH3 is 3. The van der Waals surface area contributed by atoms with Gasteiger partial charge in [0.15, 0.2) is 17.3 Å². The monoisotopic (exact) mass is 439 g/mol. The zero-order valence-corrected chi connectivity index (χ0v) is 17.7. The number of benzene rings is 2. The van der Waals surface area contributed by atoms with Gasteiger partial charge >= 0.3 is 11.9 Å². The van der Waals surface area contributed by atoms with Gasteiger partial charge in [-0.05, 0) is 42.5 Å². The van der Waals surface area contributed by atoms with Crippen molar-refractivity contribution in [2.24, 2.45) is 0 Å². The third-order valence-corrected chi connectivity index (χ3v) is 4.36. The molecule has 32 heavy (non-hydrogen) atoms. The van der Waals surface area contributed by atoms with E-state index in [4.69, 9.17) is 13.9 Å². The van der Waals surface area contributed by atoms with E-state index in [-0.39, 0.29) is 29.2 Å². The molecule has 0 aliphatic heterocycles. The number of furan rings is 1. The maximum absolute atomic E-state index is 12.6. The molecule has 0 spiro atoms. The summed E-state index contributed by atoms with van der Waals surface area (Å²) >= 11 is 0. The summed E-state index contributed by atoms with van der Waals surface area (Å²) in [5.74, 6) is -0.367. The van der Waals surface area contributed by atoms with E-state index >= 15 is 0 Å². The molecule has 9 nitrogen and oxygen atoms in total. The van der Waals surface area contributed by atoms with Crippen molar-refractivity contribution in [3.8, 4) is 11.5 Å². The van der Waals surface area contributed by atoms with Crippen molar-refractivity contribution in [1.82, 2.24) is 0 Å². The number of nitrogens with one attached hydrogen (secondary N) is 1. The number of rotatable bonds is 8. The average Bonchev–Trinajstić information content (AvgIpc) is 3.30. The van der Waals surface area contributed by atoms with E-state index in [0.29, 0.717) is 17.3 Å². The molecular weight excluding hydrogens is 418 g/mol. The van der Waals surface area contributed by atoms with Gasteiger partial charge in [-0.1, -0.05) is 12.1 Å². The van der Waals surface area contributed by atoms with Gasteiger partial charge in [0.05, 0.1) is 32.5 Å². The lowest BCUT2D eigenvalue weighted by molar-refractivity contribution is 0.0599. The lowest BCUT2D eigenvalue weighted by Gasteiger charge is -2.09. The van der Waals surface area contributed by atoms with Gasteiger partial charge in [-0.25, -0.2) is 9.59 Å². The molecule has 0 saturated carbocycles. The van der Waals surface area contributed by atoms with Gasteiger partial charge in [-0.3, -0.25) is 4.79 Å². The standard InChI is InChI=1S/C23H21NO8/c1-28-18-6-4-5-7-19(18)31-13-17-8-9-20(32-17)21(25)24-16-11-14(22(26)29-2)10-15(12-16)23(27)30-3/h4-12H,13H2,1-3H3,(H,24,25). The van der Waals surface area contributed by atoms with E-state index in [9.17, 15) is 14.4 Å². The summed E-state index contributed by atoms with van der Waals surface area (Å²) in [6.45, 7) is 0.0813. The Hall–Kier alpha value is -4.27. The topological polar surface area (TPSA) is 113 Å². The SMILES string of the molecule is COC(=O)c1cc(NC(=O)c2ccc(COc3ccccc3OC)o2)cc(C(=O)OC)c1. The van der Waals surface area contributed by atoms with Gasteiger partial charge in [0.1, 0.15) is 12.4 Å². The molecule has 1 heterocycles. The number of anilines is 1. The van der Waals surface area contributed by atoms with Crippen molar-refractivity contribution in [2.75, 3.05) is 26.6 Å². The summed E-state index contributed by atoms with van der Waals surface area (Å²) < 4.78 is 25.8. The summed E-state index contributed by atoms with van der Waals surface area (Å²) in [7, 11) is 3.96. The van der Waals surface area contributed by atoms with Crippen LogP contribution in [0.25, 0.3) is 0 Å². The first-order chi connectivity index (χ1) is 15.4. The lowest BCUT2D eigenvalue weighted by Crippen LogP contribution is -2.13. The van der Waals surface area contributed by atoms with Gasteiger partial charge in [0.2, 0.25) is 0 Å². The number of carbonyl (C=O) groups excluding carboxylic acids is 3. The zero-order chi connectivity index (χ0) is 23.1. The number of amides is 1. The Kier molecular flexibility index (Phi) is 7.12. The molecule has 0 atom stereocenters. The first kappa shape index (κ1) is 22.4. The Morgan fingerprint density at radius 2 is 1.47 bits per heavy atom. The van der Waals surface area contributed by atoms with E-state index in [0.717, 1.165) is 0 Å². The van der Waals surface area contributed by atoms with Gasteiger partial charge in [0.25, 0.3) is 5.91 Å². The Morgan fingerprint density at radius 3 is 2.06 bits per heavy atom. The smallest absolute Gasteiger partial charge is 0.337 e. The third-order valence-electron chi connectivity index (χ3n) is 4.36. The van der Waals surface area contributed by atoms with Crippen molar-refractivity contribution in [1.29, 1.82) is 0 Å². The quantitative estimate of drug-likeness (QED) is 0.529. The molecule has 1 N–H and O–H groups in total. The Morgan fingerprint density at radius 1 is 0.844 bits per heavy atom. The highest BCUT2D eigenvalue weighted by Gasteiger charge is 2.17. The van der Waals surface area contributed by atoms with Gasteiger partial charge < -0.3 is 28.7 Å². The molecule has 1 aromatic heterocycles. The average molecular weight is 439 g/mol. The number of carbonyl (C=O) groups is 3. The first-order valence-electron chi connectivity index (χ1n) is 9.42. The van der Waals surface area contributed by atoms with Crippen LogP contribution in [-0.4, -0.2) is 39.2 Å². The molecule has 0 unspecified atom stereocenters. The van der Waals surface area contributed by atoms with Gasteiger partial charge in [0, 0.05) is 5.69 Å². The molecule has 0 aliphatic rings. The highest BCUT2D eigenvalue weighted by molar-refractivity contribution is 6.04. The molecule has 0 saturated heterocycles. The van der Waals surface area contributed by atoms with Crippen LogP contribution in [-0.2, 0) is 16.1 Å². The highest BCUT2D eigenvalue weighted by atomic mass is 16.5. The first-order valence-corrected chi connectivity index (χ1v) is 9.42.